The Morgan fingerprint density at radius 2 is 2.00 bits per heavy atom. The van der Waals surface area contributed by atoms with Gasteiger partial charge < -0.3 is 14.9 Å². The van der Waals surface area contributed by atoms with E-state index in [0.29, 0.717) is 31.0 Å². The maximum atomic E-state index is 12.6. The van der Waals surface area contributed by atoms with Crippen LogP contribution < -0.4 is 0 Å². The maximum Gasteiger partial charge on any atom is 0.308 e. The number of carbonyl (C=O) groups excluding carboxylic acids is 2. The van der Waals surface area contributed by atoms with Crippen molar-refractivity contribution in [1.82, 2.24) is 9.80 Å². The lowest BCUT2D eigenvalue weighted by Gasteiger charge is -2.30. The smallest absolute Gasteiger partial charge is 0.308 e. The maximum absolute atomic E-state index is 12.6. The third kappa shape index (κ3) is 2.63. The molecule has 0 aromatic carbocycles. The van der Waals surface area contributed by atoms with Crippen LogP contribution in [0.15, 0.2) is 0 Å². The zero-order valence-electron chi connectivity index (χ0n) is 11.7. The van der Waals surface area contributed by atoms with E-state index in [9.17, 15) is 14.4 Å². The van der Waals surface area contributed by atoms with Crippen molar-refractivity contribution in [2.75, 3.05) is 18.2 Å². The molecular formula is C13H20N2O4S. The van der Waals surface area contributed by atoms with Crippen LogP contribution in [0.25, 0.3) is 0 Å². The number of thioether (sulfide) groups is 1. The van der Waals surface area contributed by atoms with Gasteiger partial charge in [-0.15, -0.1) is 11.8 Å². The van der Waals surface area contributed by atoms with E-state index in [-0.39, 0.29) is 17.9 Å². The van der Waals surface area contributed by atoms with E-state index in [1.54, 1.807) is 35.4 Å². The lowest BCUT2D eigenvalue weighted by Crippen LogP contribution is -2.50. The summed E-state index contributed by atoms with van der Waals surface area (Å²) in [6.45, 7) is 4.02. The molecule has 3 unspecified atom stereocenters. The number of likely N-dealkylation sites (tertiary alicyclic amines) is 1. The van der Waals surface area contributed by atoms with Gasteiger partial charge in [0.2, 0.25) is 11.8 Å². The van der Waals surface area contributed by atoms with Crippen LogP contribution in [0.4, 0.5) is 0 Å². The quantitative estimate of drug-likeness (QED) is 0.826. The van der Waals surface area contributed by atoms with Crippen molar-refractivity contribution in [3.63, 3.8) is 0 Å². The molecule has 2 aliphatic rings. The first-order valence-corrected chi connectivity index (χ1v) is 8.03. The first-order chi connectivity index (χ1) is 9.47. The molecule has 6 nitrogen and oxygen atoms in total. The summed E-state index contributed by atoms with van der Waals surface area (Å²) in [5.41, 5.74) is 0. The summed E-state index contributed by atoms with van der Waals surface area (Å²) in [4.78, 5) is 38.8. The predicted octanol–water partition coefficient (Wildman–Crippen LogP) is 0.620. The number of aliphatic carboxylic acids is 1. The molecule has 1 N–H and O–H groups in total. The van der Waals surface area contributed by atoms with Gasteiger partial charge in [0, 0.05) is 24.8 Å². The third-order valence-electron chi connectivity index (χ3n) is 4.15. The van der Waals surface area contributed by atoms with Crippen molar-refractivity contribution in [3.8, 4) is 0 Å². The summed E-state index contributed by atoms with van der Waals surface area (Å²) < 4.78 is 0. The number of hydrogen-bond acceptors (Lipinski definition) is 4. The number of carbonyl (C=O) groups is 3. The Morgan fingerprint density at radius 3 is 2.55 bits per heavy atom. The van der Waals surface area contributed by atoms with E-state index in [1.165, 1.54) is 0 Å². The summed E-state index contributed by atoms with van der Waals surface area (Å²) in [5, 5.41) is 9.12. The molecule has 2 aliphatic heterocycles. The number of carboxylic acid groups (broad SMARTS) is 1. The van der Waals surface area contributed by atoms with E-state index in [1.807, 2.05) is 0 Å². The Hall–Kier alpha value is -1.24. The Morgan fingerprint density at radius 1 is 1.30 bits per heavy atom. The standard InChI is InChI=1S/C13H20N2O4S/c1-3-11(16)15-7-20-6-10(15)12(17)14-5-4-9(8(14)2)13(18)19/h8-10H,3-7H2,1-2H3,(H,18,19). The molecule has 0 spiro atoms. The van der Waals surface area contributed by atoms with Crippen LogP contribution in [0.2, 0.25) is 0 Å². The van der Waals surface area contributed by atoms with E-state index < -0.39 is 17.9 Å². The highest BCUT2D eigenvalue weighted by Gasteiger charge is 2.43. The molecule has 2 amide bonds. The van der Waals surface area contributed by atoms with E-state index in [4.69, 9.17) is 5.11 Å². The predicted molar refractivity (Wildman–Crippen MR) is 75.2 cm³/mol. The minimum Gasteiger partial charge on any atom is -0.481 e. The van der Waals surface area contributed by atoms with Crippen LogP contribution in [0, 0.1) is 5.92 Å². The van der Waals surface area contributed by atoms with Gasteiger partial charge in [0.25, 0.3) is 0 Å². The molecule has 0 aliphatic carbocycles. The van der Waals surface area contributed by atoms with Gasteiger partial charge in [0.1, 0.15) is 6.04 Å². The zero-order valence-corrected chi connectivity index (χ0v) is 12.6. The second-order valence-electron chi connectivity index (χ2n) is 5.24. The van der Waals surface area contributed by atoms with E-state index in [2.05, 4.69) is 0 Å². The van der Waals surface area contributed by atoms with Crippen LogP contribution in [-0.4, -0.2) is 62.9 Å². The van der Waals surface area contributed by atoms with Gasteiger partial charge in [0.15, 0.2) is 0 Å². The minimum absolute atomic E-state index is 0.0185. The fourth-order valence-corrected chi connectivity index (χ4v) is 4.04. The lowest BCUT2D eigenvalue weighted by atomic mass is 10.0. The highest BCUT2D eigenvalue weighted by Crippen LogP contribution is 2.29. The minimum atomic E-state index is -0.852. The third-order valence-corrected chi connectivity index (χ3v) is 5.16. The normalized spacial score (nSPS) is 29.8. The van der Waals surface area contributed by atoms with Gasteiger partial charge in [-0.05, 0) is 13.3 Å². The Balaban J connectivity index is 2.08. The number of amides is 2. The van der Waals surface area contributed by atoms with Gasteiger partial charge in [-0.2, -0.15) is 0 Å². The van der Waals surface area contributed by atoms with Crippen molar-refractivity contribution < 1.29 is 19.5 Å². The summed E-state index contributed by atoms with van der Waals surface area (Å²) in [5.74, 6) is -0.319. The van der Waals surface area contributed by atoms with Gasteiger partial charge in [0.05, 0.1) is 11.8 Å². The highest BCUT2D eigenvalue weighted by atomic mass is 32.2. The molecule has 0 bridgehead atoms. The van der Waals surface area contributed by atoms with Crippen molar-refractivity contribution in [1.29, 1.82) is 0 Å². The molecule has 2 saturated heterocycles. The lowest BCUT2D eigenvalue weighted by molar-refractivity contribution is -0.146. The van der Waals surface area contributed by atoms with Crippen LogP contribution in [0.1, 0.15) is 26.7 Å². The van der Waals surface area contributed by atoms with Gasteiger partial charge in [-0.3, -0.25) is 14.4 Å². The average Bonchev–Trinajstić information content (AvgIpc) is 3.03. The number of hydrogen-bond donors (Lipinski definition) is 1. The summed E-state index contributed by atoms with van der Waals surface area (Å²) in [6, 6.07) is -0.730. The van der Waals surface area contributed by atoms with Crippen molar-refractivity contribution in [3.05, 3.63) is 0 Å². The summed E-state index contributed by atoms with van der Waals surface area (Å²) >= 11 is 1.57. The molecule has 0 aromatic rings. The Labute approximate surface area is 122 Å². The largest absolute Gasteiger partial charge is 0.481 e. The van der Waals surface area contributed by atoms with Crippen molar-refractivity contribution in [2.45, 2.75) is 38.8 Å². The Kier molecular flexibility index (Phi) is 4.57. The van der Waals surface area contributed by atoms with E-state index >= 15 is 0 Å². The van der Waals surface area contributed by atoms with Gasteiger partial charge >= 0.3 is 5.97 Å². The second-order valence-corrected chi connectivity index (χ2v) is 6.24. The highest BCUT2D eigenvalue weighted by molar-refractivity contribution is 7.99. The van der Waals surface area contributed by atoms with Crippen LogP contribution in [-0.2, 0) is 14.4 Å². The molecule has 0 saturated carbocycles. The van der Waals surface area contributed by atoms with Crippen LogP contribution >= 0.6 is 11.8 Å². The topological polar surface area (TPSA) is 77.9 Å². The van der Waals surface area contributed by atoms with Crippen molar-refractivity contribution >= 4 is 29.5 Å². The molecule has 7 heteroatoms. The molecule has 2 rings (SSSR count). The molecule has 2 heterocycles. The fourth-order valence-electron chi connectivity index (χ4n) is 2.87. The number of nitrogens with zero attached hydrogens (tertiary/aromatic N) is 2. The summed E-state index contributed by atoms with van der Waals surface area (Å²) in [7, 11) is 0. The molecule has 112 valence electrons. The van der Waals surface area contributed by atoms with Gasteiger partial charge in [-0.25, -0.2) is 0 Å². The van der Waals surface area contributed by atoms with Crippen molar-refractivity contribution in [2.24, 2.45) is 5.92 Å². The molecule has 20 heavy (non-hydrogen) atoms. The first-order valence-electron chi connectivity index (χ1n) is 6.87. The number of carboxylic acids is 1. The summed E-state index contributed by atoms with van der Waals surface area (Å²) in [6.07, 6.45) is 0.876. The molecule has 3 atom stereocenters. The van der Waals surface area contributed by atoms with Gasteiger partial charge in [-0.1, -0.05) is 6.92 Å². The van der Waals surface area contributed by atoms with Crippen LogP contribution in [0.5, 0.6) is 0 Å². The number of rotatable bonds is 3. The Bertz CT molecular complexity index is 429. The molecular weight excluding hydrogens is 280 g/mol. The second kappa shape index (κ2) is 6.03. The molecule has 0 aromatic heterocycles. The average molecular weight is 300 g/mol. The first kappa shape index (κ1) is 15.2. The molecule has 0 radical (unpaired) electrons. The monoisotopic (exact) mass is 300 g/mol. The molecule has 2 fully saturated rings. The zero-order chi connectivity index (χ0) is 14.9. The fraction of sp³-hybridized carbons (Fsp3) is 0.769. The SMILES string of the molecule is CCC(=O)N1CSCC1C(=O)N1CCC(C(=O)O)C1C. The van der Waals surface area contributed by atoms with Crippen LogP contribution in [0.3, 0.4) is 0 Å². The van der Waals surface area contributed by atoms with E-state index in [0.717, 1.165) is 0 Å².